The van der Waals surface area contributed by atoms with Gasteiger partial charge in [0.15, 0.2) is 17.5 Å². The molecule has 1 aliphatic rings. The van der Waals surface area contributed by atoms with Crippen LogP contribution < -0.4 is 0 Å². The van der Waals surface area contributed by atoms with Crippen molar-refractivity contribution in [3.05, 3.63) is 70.3 Å². The molecule has 1 saturated carbocycles. The standard InChI is InChI=1S/C22H16ClF7O2/c1-21(2)12(8-13(23)22(28,29)30)15(21)20(31)32-9-11-16(24)14(10-6-4-3-5-7-10)18(26)19(27)17(11)25/h3-8,12,15H,9H2,1-2H3/t12-,15-/m1/s1. The number of rotatable bonds is 5. The van der Waals surface area contributed by atoms with Crippen LogP contribution in [0.2, 0.25) is 0 Å². The summed E-state index contributed by atoms with van der Waals surface area (Å²) in [6.07, 6.45) is -4.11. The predicted octanol–water partition coefficient (Wildman–Crippen LogP) is 6.91. The van der Waals surface area contributed by atoms with Crippen LogP contribution in [0.1, 0.15) is 19.4 Å². The minimum Gasteiger partial charge on any atom is -0.460 e. The lowest BCUT2D eigenvalue weighted by Crippen LogP contribution is -2.14. The van der Waals surface area contributed by atoms with Gasteiger partial charge in [0.25, 0.3) is 0 Å². The first kappa shape index (κ1) is 24.1. The molecule has 0 heterocycles. The van der Waals surface area contributed by atoms with Gasteiger partial charge in [-0.05, 0) is 16.9 Å². The minimum absolute atomic E-state index is 0.0655. The first-order valence-electron chi connectivity index (χ1n) is 9.29. The second-order valence-corrected chi connectivity index (χ2v) is 8.33. The van der Waals surface area contributed by atoms with Gasteiger partial charge in [-0.3, -0.25) is 4.79 Å². The fourth-order valence-corrected chi connectivity index (χ4v) is 3.73. The highest BCUT2D eigenvalue weighted by molar-refractivity contribution is 6.30. The van der Waals surface area contributed by atoms with E-state index in [4.69, 9.17) is 16.3 Å². The molecule has 32 heavy (non-hydrogen) atoms. The largest absolute Gasteiger partial charge is 0.460 e. The van der Waals surface area contributed by atoms with Crippen LogP contribution in [0.5, 0.6) is 0 Å². The summed E-state index contributed by atoms with van der Waals surface area (Å²) in [5.41, 5.74) is -2.87. The van der Waals surface area contributed by atoms with Gasteiger partial charge in [0.05, 0.1) is 17.0 Å². The summed E-state index contributed by atoms with van der Waals surface area (Å²) in [5, 5.41) is -1.41. The molecule has 0 aliphatic heterocycles. The molecule has 0 N–H and O–H groups in total. The number of halogens is 8. The lowest BCUT2D eigenvalue weighted by molar-refractivity contribution is -0.147. The number of hydrogen-bond donors (Lipinski definition) is 0. The smallest absolute Gasteiger partial charge is 0.426 e. The van der Waals surface area contributed by atoms with Crippen LogP contribution in [-0.4, -0.2) is 12.1 Å². The molecule has 2 atom stereocenters. The average molecular weight is 481 g/mol. The molecule has 2 nitrogen and oxygen atoms in total. The molecule has 0 unspecified atom stereocenters. The maximum absolute atomic E-state index is 14.9. The van der Waals surface area contributed by atoms with Gasteiger partial charge in [-0.1, -0.05) is 61.9 Å². The number of allylic oxidation sites excluding steroid dienone is 2. The molecule has 1 fully saturated rings. The Bertz CT molecular complexity index is 1080. The van der Waals surface area contributed by atoms with E-state index in [-0.39, 0.29) is 5.56 Å². The summed E-state index contributed by atoms with van der Waals surface area (Å²) < 4.78 is 100. The highest BCUT2D eigenvalue weighted by Gasteiger charge is 2.62. The summed E-state index contributed by atoms with van der Waals surface area (Å²) in [7, 11) is 0. The van der Waals surface area contributed by atoms with Crippen molar-refractivity contribution in [2.45, 2.75) is 26.6 Å². The molecule has 2 aromatic carbocycles. The SMILES string of the molecule is CC1(C)[C@H](C=C(Cl)C(F)(F)F)[C@@H]1C(=O)OCc1c(F)c(F)c(F)c(-c2ccccc2)c1F. The Morgan fingerprint density at radius 3 is 2.19 bits per heavy atom. The van der Waals surface area contributed by atoms with Gasteiger partial charge in [-0.2, -0.15) is 13.2 Å². The number of carbonyl (C=O) groups excluding carboxylic acids is 1. The van der Waals surface area contributed by atoms with Crippen LogP contribution in [0.25, 0.3) is 11.1 Å². The second kappa shape index (κ2) is 8.42. The third-order valence-corrected chi connectivity index (χ3v) is 5.88. The summed E-state index contributed by atoms with van der Waals surface area (Å²) in [6.45, 7) is 1.91. The normalized spacial score (nSPS) is 20.2. The van der Waals surface area contributed by atoms with E-state index in [1.54, 1.807) is 6.07 Å². The van der Waals surface area contributed by atoms with E-state index in [9.17, 15) is 35.5 Å². The van der Waals surface area contributed by atoms with Crippen LogP contribution >= 0.6 is 11.6 Å². The predicted molar refractivity (Wildman–Crippen MR) is 102 cm³/mol. The van der Waals surface area contributed by atoms with E-state index >= 15 is 0 Å². The van der Waals surface area contributed by atoms with Gasteiger partial charge in [0.1, 0.15) is 17.5 Å². The third kappa shape index (κ3) is 4.35. The first-order valence-corrected chi connectivity index (χ1v) is 9.67. The van der Waals surface area contributed by atoms with Gasteiger partial charge >= 0.3 is 12.1 Å². The van der Waals surface area contributed by atoms with Crippen molar-refractivity contribution in [3.63, 3.8) is 0 Å². The van der Waals surface area contributed by atoms with E-state index < -0.39 is 75.4 Å². The lowest BCUT2D eigenvalue weighted by Gasteiger charge is -2.13. The molecule has 3 rings (SSSR count). The minimum atomic E-state index is -4.79. The van der Waals surface area contributed by atoms with Crippen molar-refractivity contribution in [1.29, 1.82) is 0 Å². The summed E-state index contributed by atoms with van der Waals surface area (Å²) in [4.78, 5) is 12.4. The molecule has 0 bridgehead atoms. The zero-order valence-corrected chi connectivity index (χ0v) is 17.4. The maximum atomic E-state index is 14.9. The Kier molecular flexibility index (Phi) is 6.34. The van der Waals surface area contributed by atoms with Crippen molar-refractivity contribution >= 4 is 17.6 Å². The number of benzene rings is 2. The van der Waals surface area contributed by atoms with Crippen LogP contribution in [0.4, 0.5) is 30.7 Å². The van der Waals surface area contributed by atoms with Crippen LogP contribution in [0.15, 0.2) is 41.4 Å². The molecule has 0 spiro atoms. The number of alkyl halides is 3. The average Bonchev–Trinajstić information content (AvgIpc) is 3.26. The number of esters is 1. The Morgan fingerprint density at radius 1 is 1.03 bits per heavy atom. The number of carbonyl (C=O) groups is 1. The topological polar surface area (TPSA) is 26.3 Å². The number of hydrogen-bond acceptors (Lipinski definition) is 2. The lowest BCUT2D eigenvalue weighted by atomic mass is 10.0. The number of ether oxygens (including phenoxy) is 1. The molecular formula is C22H16ClF7O2. The van der Waals surface area contributed by atoms with Crippen molar-refractivity contribution in [2.75, 3.05) is 0 Å². The van der Waals surface area contributed by atoms with Crippen molar-refractivity contribution in [3.8, 4) is 11.1 Å². The molecule has 2 aromatic rings. The van der Waals surface area contributed by atoms with Crippen molar-refractivity contribution in [2.24, 2.45) is 17.3 Å². The fourth-order valence-electron chi connectivity index (χ4n) is 3.59. The van der Waals surface area contributed by atoms with Gasteiger partial charge < -0.3 is 4.74 Å². The molecule has 10 heteroatoms. The van der Waals surface area contributed by atoms with Crippen LogP contribution in [-0.2, 0) is 16.1 Å². The fraction of sp³-hybridized carbons (Fsp3) is 0.318. The Hall–Kier alpha value is -2.55. The van der Waals surface area contributed by atoms with Gasteiger partial charge in [-0.15, -0.1) is 0 Å². The zero-order valence-electron chi connectivity index (χ0n) is 16.7. The molecular weight excluding hydrogens is 465 g/mol. The highest BCUT2D eigenvalue weighted by Crippen LogP contribution is 2.60. The molecule has 0 amide bonds. The van der Waals surface area contributed by atoms with E-state index in [2.05, 4.69) is 0 Å². The third-order valence-electron chi connectivity index (χ3n) is 5.54. The zero-order chi connectivity index (χ0) is 24.0. The van der Waals surface area contributed by atoms with Gasteiger partial charge in [0, 0.05) is 0 Å². The van der Waals surface area contributed by atoms with E-state index in [0.717, 1.165) is 0 Å². The first-order chi connectivity index (χ1) is 14.8. The van der Waals surface area contributed by atoms with E-state index in [1.165, 1.54) is 38.1 Å². The van der Waals surface area contributed by atoms with Gasteiger partial charge in [-0.25, -0.2) is 17.6 Å². The van der Waals surface area contributed by atoms with E-state index in [1.807, 2.05) is 0 Å². The summed E-state index contributed by atoms with van der Waals surface area (Å²) in [6, 6.07) is 6.98. The second-order valence-electron chi connectivity index (χ2n) is 7.92. The van der Waals surface area contributed by atoms with Crippen molar-refractivity contribution in [1.82, 2.24) is 0 Å². The van der Waals surface area contributed by atoms with Crippen LogP contribution in [0.3, 0.4) is 0 Å². The Morgan fingerprint density at radius 2 is 1.62 bits per heavy atom. The molecule has 0 saturated heterocycles. The van der Waals surface area contributed by atoms with Crippen LogP contribution in [0, 0.1) is 40.5 Å². The Balaban J connectivity index is 1.85. The molecule has 172 valence electrons. The maximum Gasteiger partial charge on any atom is 0.426 e. The summed E-state index contributed by atoms with van der Waals surface area (Å²) >= 11 is 5.22. The van der Waals surface area contributed by atoms with Gasteiger partial charge in [0.2, 0.25) is 0 Å². The molecule has 0 aromatic heterocycles. The highest BCUT2D eigenvalue weighted by atomic mass is 35.5. The Labute approximate surface area is 183 Å². The summed E-state index contributed by atoms with van der Waals surface area (Å²) in [5.74, 6) is -10.0. The molecule has 1 aliphatic carbocycles. The molecule has 0 radical (unpaired) electrons. The quantitative estimate of drug-likeness (QED) is 0.201. The van der Waals surface area contributed by atoms with Crippen molar-refractivity contribution < 1.29 is 40.3 Å². The van der Waals surface area contributed by atoms with E-state index in [0.29, 0.717) is 6.08 Å². The monoisotopic (exact) mass is 480 g/mol.